The second-order valence-electron chi connectivity index (χ2n) is 5.30. The molecule has 0 saturated heterocycles. The molecule has 0 saturated carbocycles. The number of nitrogens with one attached hydrogen (secondary N) is 2. The van der Waals surface area contributed by atoms with Crippen molar-refractivity contribution in [2.24, 2.45) is 5.92 Å². The zero-order valence-corrected chi connectivity index (χ0v) is 13.4. The van der Waals surface area contributed by atoms with Crippen molar-refractivity contribution in [3.8, 4) is 5.75 Å². The highest BCUT2D eigenvalue weighted by molar-refractivity contribution is 7.71. The highest BCUT2D eigenvalue weighted by atomic mass is 32.1. The van der Waals surface area contributed by atoms with Gasteiger partial charge < -0.3 is 19.6 Å². The number of amides is 1. The van der Waals surface area contributed by atoms with Gasteiger partial charge in [-0.2, -0.15) is 0 Å². The van der Waals surface area contributed by atoms with Crippen LogP contribution in [0, 0.1) is 10.7 Å². The standard InChI is InChI=1S/C15H21N3O2S/c1-4-20-12-7-5-6-11-14(12)17-15(21)18(11)9-13(19)16-8-10(2)3/h5-7,10H,4,8-9H2,1-3H3,(H,16,19)(H,17,21). The van der Waals surface area contributed by atoms with Gasteiger partial charge in [-0.05, 0) is 37.2 Å². The first-order valence-corrected chi connectivity index (χ1v) is 7.54. The van der Waals surface area contributed by atoms with Crippen LogP contribution in [-0.2, 0) is 11.3 Å². The number of aromatic amines is 1. The van der Waals surface area contributed by atoms with Crippen LogP contribution in [0.25, 0.3) is 11.0 Å². The van der Waals surface area contributed by atoms with E-state index in [0.717, 1.165) is 16.8 Å². The average Bonchev–Trinajstić information content (AvgIpc) is 2.75. The van der Waals surface area contributed by atoms with Crippen LogP contribution in [0.3, 0.4) is 0 Å². The minimum atomic E-state index is -0.0393. The van der Waals surface area contributed by atoms with Crippen molar-refractivity contribution in [1.82, 2.24) is 14.9 Å². The third-order valence-corrected chi connectivity index (χ3v) is 3.40. The highest BCUT2D eigenvalue weighted by Gasteiger charge is 2.12. The van der Waals surface area contributed by atoms with E-state index in [1.54, 1.807) is 4.57 Å². The van der Waals surface area contributed by atoms with Crippen molar-refractivity contribution in [3.63, 3.8) is 0 Å². The fourth-order valence-electron chi connectivity index (χ4n) is 2.10. The molecule has 0 aliphatic heterocycles. The van der Waals surface area contributed by atoms with Gasteiger partial charge in [-0.3, -0.25) is 4.79 Å². The molecule has 1 heterocycles. The molecule has 21 heavy (non-hydrogen) atoms. The summed E-state index contributed by atoms with van der Waals surface area (Å²) in [6.07, 6.45) is 0. The minimum Gasteiger partial charge on any atom is -0.492 e. The summed E-state index contributed by atoms with van der Waals surface area (Å²) in [5.41, 5.74) is 1.71. The molecule has 0 bridgehead atoms. The van der Waals surface area contributed by atoms with Crippen LogP contribution >= 0.6 is 12.2 Å². The molecule has 0 aliphatic carbocycles. The zero-order valence-electron chi connectivity index (χ0n) is 12.6. The lowest BCUT2D eigenvalue weighted by atomic mass is 10.2. The normalized spacial score (nSPS) is 11.0. The van der Waals surface area contributed by atoms with Gasteiger partial charge in [0, 0.05) is 6.54 Å². The Hall–Kier alpha value is -1.82. The molecule has 0 spiro atoms. The molecular weight excluding hydrogens is 286 g/mol. The molecular formula is C15H21N3O2S. The monoisotopic (exact) mass is 307 g/mol. The van der Waals surface area contributed by atoms with Gasteiger partial charge in [0.05, 0.1) is 12.1 Å². The molecule has 2 rings (SSSR count). The van der Waals surface area contributed by atoms with Gasteiger partial charge in [0.1, 0.15) is 17.8 Å². The van der Waals surface area contributed by atoms with Crippen LogP contribution in [0.4, 0.5) is 0 Å². The van der Waals surface area contributed by atoms with Gasteiger partial charge in [-0.1, -0.05) is 19.9 Å². The molecule has 1 aromatic carbocycles. The summed E-state index contributed by atoms with van der Waals surface area (Å²) in [5.74, 6) is 1.14. The Morgan fingerprint density at radius 1 is 1.48 bits per heavy atom. The first kappa shape index (κ1) is 15.6. The minimum absolute atomic E-state index is 0.0393. The predicted molar refractivity (Wildman–Crippen MR) is 86.1 cm³/mol. The van der Waals surface area contributed by atoms with Gasteiger partial charge in [-0.15, -0.1) is 0 Å². The van der Waals surface area contributed by atoms with E-state index in [-0.39, 0.29) is 12.5 Å². The van der Waals surface area contributed by atoms with Crippen LogP contribution in [0.15, 0.2) is 18.2 Å². The van der Waals surface area contributed by atoms with Crippen molar-refractivity contribution in [3.05, 3.63) is 23.0 Å². The number of nitrogens with zero attached hydrogens (tertiary/aromatic N) is 1. The van der Waals surface area contributed by atoms with Crippen molar-refractivity contribution in [2.45, 2.75) is 27.3 Å². The average molecular weight is 307 g/mol. The van der Waals surface area contributed by atoms with Gasteiger partial charge >= 0.3 is 0 Å². The third-order valence-electron chi connectivity index (χ3n) is 3.08. The SMILES string of the molecule is CCOc1cccc2c1[nH]c(=S)n2CC(=O)NCC(C)C. The number of para-hydroxylation sites is 1. The highest BCUT2D eigenvalue weighted by Crippen LogP contribution is 2.24. The molecule has 0 unspecified atom stereocenters. The van der Waals surface area contributed by atoms with Gasteiger partial charge in [-0.25, -0.2) is 0 Å². The molecule has 2 aromatic rings. The number of carbonyl (C=O) groups excluding carboxylic acids is 1. The number of benzene rings is 1. The zero-order chi connectivity index (χ0) is 15.4. The lowest BCUT2D eigenvalue weighted by Gasteiger charge is -2.09. The number of imidazole rings is 1. The second-order valence-corrected chi connectivity index (χ2v) is 5.68. The first-order valence-electron chi connectivity index (χ1n) is 7.14. The molecule has 1 amide bonds. The summed E-state index contributed by atoms with van der Waals surface area (Å²) in [4.78, 5) is 15.1. The largest absolute Gasteiger partial charge is 0.492 e. The summed E-state index contributed by atoms with van der Waals surface area (Å²) in [5, 5.41) is 2.90. The van der Waals surface area contributed by atoms with Crippen molar-refractivity contribution < 1.29 is 9.53 Å². The number of hydrogen-bond donors (Lipinski definition) is 2. The van der Waals surface area contributed by atoms with E-state index in [0.29, 0.717) is 23.8 Å². The Morgan fingerprint density at radius 2 is 2.24 bits per heavy atom. The maximum Gasteiger partial charge on any atom is 0.240 e. The summed E-state index contributed by atoms with van der Waals surface area (Å²) < 4.78 is 7.90. The molecule has 5 nitrogen and oxygen atoms in total. The van der Waals surface area contributed by atoms with E-state index in [1.807, 2.05) is 25.1 Å². The van der Waals surface area contributed by atoms with E-state index in [1.165, 1.54) is 0 Å². The number of fused-ring (bicyclic) bond motifs is 1. The predicted octanol–water partition coefficient (Wildman–Crippen LogP) is 2.87. The second kappa shape index (κ2) is 6.76. The van der Waals surface area contributed by atoms with Gasteiger partial charge in [0.15, 0.2) is 4.77 Å². The fourth-order valence-corrected chi connectivity index (χ4v) is 2.37. The summed E-state index contributed by atoms with van der Waals surface area (Å²) >= 11 is 5.32. The Kier molecular flexibility index (Phi) is 5.01. The van der Waals surface area contributed by atoms with E-state index < -0.39 is 0 Å². The lowest BCUT2D eigenvalue weighted by molar-refractivity contribution is -0.121. The fraction of sp³-hybridized carbons (Fsp3) is 0.467. The van der Waals surface area contributed by atoms with E-state index in [2.05, 4.69) is 24.1 Å². The van der Waals surface area contributed by atoms with Crippen LogP contribution in [0.5, 0.6) is 5.75 Å². The van der Waals surface area contributed by atoms with Crippen LogP contribution in [0.1, 0.15) is 20.8 Å². The molecule has 114 valence electrons. The number of ether oxygens (including phenoxy) is 1. The molecule has 0 fully saturated rings. The Morgan fingerprint density at radius 3 is 2.90 bits per heavy atom. The first-order chi connectivity index (χ1) is 10.0. The van der Waals surface area contributed by atoms with Gasteiger partial charge in [0.25, 0.3) is 0 Å². The number of rotatable bonds is 6. The molecule has 6 heteroatoms. The van der Waals surface area contributed by atoms with Crippen LogP contribution in [0.2, 0.25) is 0 Å². The summed E-state index contributed by atoms with van der Waals surface area (Å²) in [7, 11) is 0. The molecule has 0 atom stereocenters. The van der Waals surface area contributed by atoms with Crippen molar-refractivity contribution in [1.29, 1.82) is 0 Å². The van der Waals surface area contributed by atoms with Gasteiger partial charge in [0.2, 0.25) is 5.91 Å². The van der Waals surface area contributed by atoms with E-state index in [4.69, 9.17) is 17.0 Å². The van der Waals surface area contributed by atoms with Crippen molar-refractivity contribution >= 4 is 29.2 Å². The van der Waals surface area contributed by atoms with E-state index >= 15 is 0 Å². The summed E-state index contributed by atoms with van der Waals surface area (Å²) in [6, 6.07) is 5.72. The Balaban J connectivity index is 2.28. The quantitative estimate of drug-likeness (QED) is 0.807. The molecule has 0 radical (unpaired) electrons. The maximum atomic E-state index is 12.0. The molecule has 0 aliphatic rings. The van der Waals surface area contributed by atoms with E-state index in [9.17, 15) is 4.79 Å². The maximum absolute atomic E-state index is 12.0. The number of hydrogen-bond acceptors (Lipinski definition) is 3. The van der Waals surface area contributed by atoms with Crippen molar-refractivity contribution in [2.75, 3.05) is 13.2 Å². The number of carbonyl (C=O) groups is 1. The topological polar surface area (TPSA) is 59.0 Å². The number of H-pyrrole nitrogens is 1. The summed E-state index contributed by atoms with van der Waals surface area (Å²) in [6.45, 7) is 7.52. The lowest BCUT2D eigenvalue weighted by Crippen LogP contribution is -2.30. The molecule has 2 N–H and O–H groups in total. The van der Waals surface area contributed by atoms with Crippen LogP contribution in [-0.4, -0.2) is 28.6 Å². The molecule has 1 aromatic heterocycles. The Bertz CT molecular complexity index is 688. The number of aromatic nitrogens is 2. The van der Waals surface area contributed by atoms with Crippen LogP contribution < -0.4 is 10.1 Å². The third kappa shape index (κ3) is 3.64. The Labute approximate surface area is 129 Å². The smallest absolute Gasteiger partial charge is 0.240 e.